The second-order valence-electron chi connectivity index (χ2n) is 5.74. The van der Waals surface area contributed by atoms with E-state index < -0.39 is 21.2 Å². The van der Waals surface area contributed by atoms with Gasteiger partial charge in [0.05, 0.1) is 16.2 Å². The van der Waals surface area contributed by atoms with Crippen LogP contribution in [-0.4, -0.2) is 24.9 Å². The van der Waals surface area contributed by atoms with Crippen LogP contribution in [0.2, 0.25) is 0 Å². The van der Waals surface area contributed by atoms with Crippen molar-refractivity contribution in [3.63, 3.8) is 0 Å². The molecule has 0 saturated heterocycles. The molecule has 1 N–H and O–H groups in total. The SMILES string of the molecule is CCCC[C@H]([C@@H](O)CC(C)C)S(=O)(=O)c1ccccc1. The molecule has 0 amide bonds. The Balaban J connectivity index is 3.03. The Bertz CT molecular complexity index is 480. The molecule has 1 rings (SSSR count). The highest BCUT2D eigenvalue weighted by molar-refractivity contribution is 7.92. The number of sulfone groups is 1. The zero-order valence-corrected chi connectivity index (χ0v) is 13.4. The quantitative estimate of drug-likeness (QED) is 0.800. The number of unbranched alkanes of at least 4 members (excludes halogenated alkanes) is 1. The zero-order valence-electron chi connectivity index (χ0n) is 12.6. The van der Waals surface area contributed by atoms with Crippen molar-refractivity contribution in [2.45, 2.75) is 62.7 Å². The maximum Gasteiger partial charge on any atom is 0.183 e. The van der Waals surface area contributed by atoms with E-state index >= 15 is 0 Å². The lowest BCUT2D eigenvalue weighted by Crippen LogP contribution is -2.35. The van der Waals surface area contributed by atoms with Crippen molar-refractivity contribution in [2.24, 2.45) is 5.92 Å². The third kappa shape index (κ3) is 4.60. The van der Waals surface area contributed by atoms with Gasteiger partial charge in [-0.3, -0.25) is 0 Å². The Morgan fingerprint density at radius 1 is 1.15 bits per heavy atom. The summed E-state index contributed by atoms with van der Waals surface area (Å²) in [4.78, 5) is 0.309. The molecule has 20 heavy (non-hydrogen) atoms. The van der Waals surface area contributed by atoms with Crippen molar-refractivity contribution in [2.75, 3.05) is 0 Å². The highest BCUT2D eigenvalue weighted by Gasteiger charge is 2.33. The monoisotopic (exact) mass is 298 g/mol. The van der Waals surface area contributed by atoms with Crippen molar-refractivity contribution in [3.8, 4) is 0 Å². The normalized spacial score (nSPS) is 15.2. The number of benzene rings is 1. The van der Waals surface area contributed by atoms with Gasteiger partial charge in [0.25, 0.3) is 0 Å². The Morgan fingerprint density at radius 2 is 1.75 bits per heavy atom. The predicted octanol–water partition coefficient (Wildman–Crippen LogP) is 3.43. The van der Waals surface area contributed by atoms with Gasteiger partial charge in [-0.05, 0) is 30.9 Å². The highest BCUT2D eigenvalue weighted by Crippen LogP contribution is 2.25. The maximum atomic E-state index is 12.7. The first-order chi connectivity index (χ1) is 9.39. The van der Waals surface area contributed by atoms with E-state index in [1.54, 1.807) is 30.3 Å². The summed E-state index contributed by atoms with van der Waals surface area (Å²) in [6.07, 6.45) is 1.97. The molecule has 0 spiro atoms. The van der Waals surface area contributed by atoms with E-state index in [1.165, 1.54) is 0 Å². The van der Waals surface area contributed by atoms with Crippen molar-refractivity contribution in [1.29, 1.82) is 0 Å². The molecule has 0 aliphatic rings. The highest BCUT2D eigenvalue weighted by atomic mass is 32.2. The van der Waals surface area contributed by atoms with Gasteiger partial charge in [0.2, 0.25) is 0 Å². The number of aliphatic hydroxyl groups excluding tert-OH is 1. The fourth-order valence-corrected chi connectivity index (χ4v) is 4.27. The lowest BCUT2D eigenvalue weighted by atomic mass is 10.0. The van der Waals surface area contributed by atoms with Gasteiger partial charge in [-0.25, -0.2) is 8.42 Å². The van der Waals surface area contributed by atoms with Crippen LogP contribution in [-0.2, 0) is 9.84 Å². The molecule has 1 aromatic carbocycles. The largest absolute Gasteiger partial charge is 0.392 e. The van der Waals surface area contributed by atoms with Gasteiger partial charge in [-0.15, -0.1) is 0 Å². The molecular formula is C16H26O3S. The van der Waals surface area contributed by atoms with Crippen molar-refractivity contribution in [1.82, 2.24) is 0 Å². The van der Waals surface area contributed by atoms with E-state index in [2.05, 4.69) is 0 Å². The molecule has 0 fully saturated rings. The summed E-state index contributed by atoms with van der Waals surface area (Å²) in [5.74, 6) is 0.278. The van der Waals surface area contributed by atoms with Crippen LogP contribution in [0.1, 0.15) is 46.5 Å². The second kappa shape index (κ2) is 7.79. The van der Waals surface area contributed by atoms with Crippen LogP contribution in [0.3, 0.4) is 0 Å². The lowest BCUT2D eigenvalue weighted by Gasteiger charge is -2.24. The topological polar surface area (TPSA) is 54.4 Å². The fraction of sp³-hybridized carbons (Fsp3) is 0.625. The molecule has 0 aromatic heterocycles. The van der Waals surface area contributed by atoms with E-state index in [0.717, 1.165) is 12.8 Å². The molecule has 4 heteroatoms. The third-order valence-corrected chi connectivity index (χ3v) is 5.73. The van der Waals surface area contributed by atoms with Crippen LogP contribution in [0, 0.1) is 5.92 Å². The molecular weight excluding hydrogens is 272 g/mol. The first-order valence-electron chi connectivity index (χ1n) is 7.36. The van der Waals surface area contributed by atoms with Gasteiger partial charge in [-0.1, -0.05) is 51.8 Å². The lowest BCUT2D eigenvalue weighted by molar-refractivity contribution is 0.139. The number of rotatable bonds is 8. The molecule has 1 aromatic rings. The van der Waals surface area contributed by atoms with Crippen LogP contribution in [0.5, 0.6) is 0 Å². The van der Waals surface area contributed by atoms with Crippen LogP contribution in [0.4, 0.5) is 0 Å². The van der Waals surface area contributed by atoms with Crippen LogP contribution < -0.4 is 0 Å². The van der Waals surface area contributed by atoms with Gasteiger partial charge in [0.1, 0.15) is 0 Å². The fourth-order valence-electron chi connectivity index (χ4n) is 2.38. The summed E-state index contributed by atoms with van der Waals surface area (Å²) in [5.41, 5.74) is 0. The van der Waals surface area contributed by atoms with Gasteiger partial charge in [-0.2, -0.15) is 0 Å². The third-order valence-electron chi connectivity index (χ3n) is 3.45. The first-order valence-corrected chi connectivity index (χ1v) is 8.91. The van der Waals surface area contributed by atoms with Crippen molar-refractivity contribution < 1.29 is 13.5 Å². The molecule has 3 nitrogen and oxygen atoms in total. The molecule has 0 heterocycles. The van der Waals surface area contributed by atoms with E-state index in [0.29, 0.717) is 17.7 Å². The smallest absolute Gasteiger partial charge is 0.183 e. The minimum absolute atomic E-state index is 0.278. The van der Waals surface area contributed by atoms with Gasteiger partial charge < -0.3 is 5.11 Å². The molecule has 0 bridgehead atoms. The van der Waals surface area contributed by atoms with Crippen LogP contribution in [0.25, 0.3) is 0 Å². The van der Waals surface area contributed by atoms with Crippen molar-refractivity contribution >= 4 is 9.84 Å². The van der Waals surface area contributed by atoms with Crippen molar-refractivity contribution in [3.05, 3.63) is 30.3 Å². The summed E-state index contributed by atoms with van der Waals surface area (Å²) in [7, 11) is -3.47. The number of hydrogen-bond donors (Lipinski definition) is 1. The van der Waals surface area contributed by atoms with Gasteiger partial charge >= 0.3 is 0 Å². The van der Waals surface area contributed by atoms with Gasteiger partial charge in [0.15, 0.2) is 9.84 Å². The van der Waals surface area contributed by atoms with Crippen LogP contribution in [0.15, 0.2) is 35.2 Å². The summed E-state index contributed by atoms with van der Waals surface area (Å²) in [6.45, 7) is 6.02. The Labute approximate surface area is 123 Å². The average Bonchev–Trinajstić information content (AvgIpc) is 2.39. The van der Waals surface area contributed by atoms with E-state index in [-0.39, 0.29) is 5.92 Å². The first kappa shape index (κ1) is 17.2. The Morgan fingerprint density at radius 3 is 2.25 bits per heavy atom. The molecule has 114 valence electrons. The summed E-state index contributed by atoms with van der Waals surface area (Å²) in [5, 5.41) is 9.62. The zero-order chi connectivity index (χ0) is 15.2. The maximum absolute atomic E-state index is 12.7. The molecule has 0 aliphatic heterocycles. The minimum atomic E-state index is -3.47. The molecule has 0 aliphatic carbocycles. The molecule has 0 unspecified atom stereocenters. The summed E-state index contributed by atoms with van der Waals surface area (Å²) < 4.78 is 25.4. The summed E-state index contributed by atoms with van der Waals surface area (Å²) in [6, 6.07) is 8.45. The molecule has 0 saturated carbocycles. The van der Waals surface area contributed by atoms with E-state index in [4.69, 9.17) is 0 Å². The second-order valence-corrected chi connectivity index (χ2v) is 7.90. The predicted molar refractivity (Wildman–Crippen MR) is 82.4 cm³/mol. The van der Waals surface area contributed by atoms with E-state index in [9.17, 15) is 13.5 Å². The average molecular weight is 298 g/mol. The standard InChI is InChI=1S/C16H26O3S/c1-4-5-11-16(15(17)12-13(2)3)20(18,19)14-9-7-6-8-10-14/h6-10,13,15-17H,4-5,11-12H2,1-3H3/t15-,16+/m0/s1. The minimum Gasteiger partial charge on any atom is -0.392 e. The van der Waals surface area contributed by atoms with Gasteiger partial charge in [0, 0.05) is 0 Å². The number of aliphatic hydroxyl groups is 1. The Hall–Kier alpha value is -0.870. The number of hydrogen-bond acceptors (Lipinski definition) is 3. The summed E-state index contributed by atoms with van der Waals surface area (Å²) >= 11 is 0. The van der Waals surface area contributed by atoms with E-state index in [1.807, 2.05) is 20.8 Å². The van der Waals surface area contributed by atoms with Crippen LogP contribution >= 0.6 is 0 Å². The Kier molecular flexibility index (Phi) is 6.69. The molecule has 0 radical (unpaired) electrons. The molecule has 2 atom stereocenters.